The Balaban J connectivity index is 1.76. The molecule has 29 heavy (non-hydrogen) atoms. The van der Waals surface area contributed by atoms with Crippen molar-refractivity contribution in [3.8, 4) is 5.75 Å². The number of nitrogens with one attached hydrogen (secondary N) is 1. The fourth-order valence-electron chi connectivity index (χ4n) is 3.51. The lowest BCUT2D eigenvalue weighted by atomic mass is 10.0. The fraction of sp³-hybridized carbons (Fsp3) is 0.455. The molecule has 1 N–H and O–H groups in total. The molecule has 7 nitrogen and oxygen atoms in total. The van der Waals surface area contributed by atoms with Gasteiger partial charge in [0, 0.05) is 39.9 Å². The molecule has 0 aliphatic carbocycles. The maximum absolute atomic E-state index is 12.9. The Morgan fingerprint density at radius 2 is 1.97 bits per heavy atom. The van der Waals surface area contributed by atoms with Gasteiger partial charge in [0.1, 0.15) is 11.6 Å². The predicted octanol–water partition coefficient (Wildman–Crippen LogP) is 2.35. The molecule has 0 radical (unpaired) electrons. The molecule has 0 bridgehead atoms. The molecule has 1 aromatic heterocycles. The van der Waals surface area contributed by atoms with Crippen LogP contribution in [-0.2, 0) is 4.74 Å². The number of nitrogens with zero attached hydrogens (tertiary/aromatic N) is 3. The number of hydrogen-bond donors (Lipinski definition) is 1. The van der Waals surface area contributed by atoms with Crippen LogP contribution < -0.4 is 15.0 Å². The van der Waals surface area contributed by atoms with Crippen LogP contribution in [0.15, 0.2) is 42.6 Å². The molecule has 0 spiro atoms. The molecular formula is C22H30N4O3. The van der Waals surface area contributed by atoms with E-state index in [0.29, 0.717) is 37.7 Å². The van der Waals surface area contributed by atoms with Crippen LogP contribution in [-0.4, -0.2) is 69.3 Å². The number of carbonyl (C=O) groups excluding carboxylic acids is 1. The van der Waals surface area contributed by atoms with Crippen molar-refractivity contribution >= 4 is 11.7 Å². The van der Waals surface area contributed by atoms with Crippen LogP contribution >= 0.6 is 0 Å². The van der Waals surface area contributed by atoms with Gasteiger partial charge >= 0.3 is 0 Å². The lowest BCUT2D eigenvalue weighted by molar-refractivity contribution is 0.0162. The second kappa shape index (κ2) is 10.2. The van der Waals surface area contributed by atoms with E-state index in [2.05, 4.69) is 27.3 Å². The zero-order valence-electron chi connectivity index (χ0n) is 17.4. The molecule has 1 aliphatic heterocycles. The van der Waals surface area contributed by atoms with E-state index in [1.54, 1.807) is 18.3 Å². The van der Waals surface area contributed by atoms with Gasteiger partial charge in [0.05, 0.1) is 31.4 Å². The summed E-state index contributed by atoms with van der Waals surface area (Å²) < 4.78 is 11.1. The summed E-state index contributed by atoms with van der Waals surface area (Å²) in [6, 6.07) is 11.8. The lowest BCUT2D eigenvalue weighted by Gasteiger charge is -2.35. The smallest absolute Gasteiger partial charge is 0.255 e. The second-order valence-electron chi connectivity index (χ2n) is 7.15. The van der Waals surface area contributed by atoms with Gasteiger partial charge in [-0.15, -0.1) is 0 Å². The number of anilines is 1. The first-order chi connectivity index (χ1) is 14.1. The van der Waals surface area contributed by atoms with E-state index in [4.69, 9.17) is 9.47 Å². The summed E-state index contributed by atoms with van der Waals surface area (Å²) in [6.07, 6.45) is 1.70. The minimum atomic E-state index is -0.119. The van der Waals surface area contributed by atoms with Crippen LogP contribution in [0.1, 0.15) is 28.9 Å². The summed E-state index contributed by atoms with van der Waals surface area (Å²) in [5.41, 5.74) is 1.72. The number of rotatable bonds is 8. The van der Waals surface area contributed by atoms with Gasteiger partial charge in [-0.05, 0) is 36.8 Å². The third kappa shape index (κ3) is 5.46. The molecule has 0 saturated carbocycles. The molecule has 1 aromatic carbocycles. The first-order valence-electron chi connectivity index (χ1n) is 10.0. The number of ether oxygens (including phenoxy) is 2. The number of amides is 1. The number of carbonyl (C=O) groups is 1. The second-order valence-corrected chi connectivity index (χ2v) is 7.15. The highest BCUT2D eigenvalue weighted by Gasteiger charge is 2.24. The molecule has 2 aromatic rings. The van der Waals surface area contributed by atoms with E-state index in [1.807, 2.05) is 38.1 Å². The topological polar surface area (TPSA) is 66.9 Å². The molecule has 1 saturated heterocycles. The van der Waals surface area contributed by atoms with Crippen LogP contribution in [0.4, 0.5) is 5.82 Å². The van der Waals surface area contributed by atoms with Gasteiger partial charge in [-0.25, -0.2) is 4.98 Å². The normalized spacial score (nSPS) is 15.6. The summed E-state index contributed by atoms with van der Waals surface area (Å²) in [7, 11) is 3.77. The molecule has 2 heterocycles. The minimum Gasteiger partial charge on any atom is -0.494 e. The summed E-state index contributed by atoms with van der Waals surface area (Å²) in [5, 5.41) is 3.11. The van der Waals surface area contributed by atoms with Crippen molar-refractivity contribution in [2.75, 3.05) is 58.5 Å². The highest BCUT2D eigenvalue weighted by molar-refractivity contribution is 5.98. The predicted molar refractivity (Wildman–Crippen MR) is 114 cm³/mol. The first-order valence-corrected chi connectivity index (χ1v) is 10.0. The Morgan fingerprint density at radius 1 is 1.24 bits per heavy atom. The van der Waals surface area contributed by atoms with Crippen molar-refractivity contribution in [1.29, 1.82) is 0 Å². The highest BCUT2D eigenvalue weighted by atomic mass is 16.5. The number of benzene rings is 1. The van der Waals surface area contributed by atoms with E-state index in [0.717, 1.165) is 24.4 Å². The Labute approximate surface area is 172 Å². The standard InChI is InChI=1S/C22H30N4O3/c1-4-29-18-9-7-17(8-10-18)20(26-12-14-28-15-13-26)16-24-22(27)19-6-5-11-23-21(19)25(2)3/h5-11,20H,4,12-16H2,1-3H3,(H,24,27). The van der Waals surface area contributed by atoms with E-state index < -0.39 is 0 Å². The molecule has 1 atom stereocenters. The van der Waals surface area contributed by atoms with Crippen molar-refractivity contribution in [1.82, 2.24) is 15.2 Å². The van der Waals surface area contributed by atoms with Gasteiger partial charge in [0.25, 0.3) is 5.91 Å². The van der Waals surface area contributed by atoms with E-state index in [9.17, 15) is 4.79 Å². The summed E-state index contributed by atoms with van der Waals surface area (Å²) in [4.78, 5) is 21.4. The molecular weight excluding hydrogens is 368 g/mol. The van der Waals surface area contributed by atoms with Crippen molar-refractivity contribution in [2.24, 2.45) is 0 Å². The zero-order valence-corrected chi connectivity index (χ0v) is 17.4. The van der Waals surface area contributed by atoms with Crippen LogP contribution in [0.25, 0.3) is 0 Å². The van der Waals surface area contributed by atoms with Crippen LogP contribution in [0.3, 0.4) is 0 Å². The molecule has 1 fully saturated rings. The van der Waals surface area contributed by atoms with Crippen LogP contribution in [0, 0.1) is 0 Å². The molecule has 1 unspecified atom stereocenters. The zero-order chi connectivity index (χ0) is 20.6. The summed E-state index contributed by atoms with van der Waals surface area (Å²) >= 11 is 0. The van der Waals surface area contributed by atoms with Crippen LogP contribution in [0.5, 0.6) is 5.75 Å². The molecule has 156 valence electrons. The average molecular weight is 399 g/mol. The Morgan fingerprint density at radius 3 is 2.62 bits per heavy atom. The lowest BCUT2D eigenvalue weighted by Crippen LogP contribution is -2.44. The first kappa shape index (κ1) is 21.1. The number of pyridine rings is 1. The quantitative estimate of drug-likeness (QED) is 0.736. The largest absolute Gasteiger partial charge is 0.494 e. The van der Waals surface area contributed by atoms with Gasteiger partial charge in [-0.2, -0.15) is 0 Å². The van der Waals surface area contributed by atoms with E-state index in [1.165, 1.54) is 0 Å². The van der Waals surface area contributed by atoms with Gasteiger partial charge in [-0.1, -0.05) is 12.1 Å². The average Bonchev–Trinajstić information content (AvgIpc) is 2.76. The van der Waals surface area contributed by atoms with Gasteiger partial charge in [-0.3, -0.25) is 9.69 Å². The van der Waals surface area contributed by atoms with Gasteiger partial charge in [0.2, 0.25) is 0 Å². The van der Waals surface area contributed by atoms with Crippen molar-refractivity contribution in [2.45, 2.75) is 13.0 Å². The van der Waals surface area contributed by atoms with Crippen molar-refractivity contribution < 1.29 is 14.3 Å². The van der Waals surface area contributed by atoms with Crippen molar-refractivity contribution in [3.05, 3.63) is 53.7 Å². The van der Waals surface area contributed by atoms with Gasteiger partial charge in [0.15, 0.2) is 0 Å². The SMILES string of the molecule is CCOc1ccc(C(CNC(=O)c2cccnc2N(C)C)N2CCOCC2)cc1. The van der Waals surface area contributed by atoms with Crippen LogP contribution in [0.2, 0.25) is 0 Å². The maximum atomic E-state index is 12.9. The Kier molecular flexibility index (Phi) is 7.43. The number of aromatic nitrogens is 1. The maximum Gasteiger partial charge on any atom is 0.255 e. The van der Waals surface area contributed by atoms with Crippen molar-refractivity contribution in [3.63, 3.8) is 0 Å². The minimum absolute atomic E-state index is 0.0676. The number of hydrogen-bond acceptors (Lipinski definition) is 6. The molecule has 1 amide bonds. The highest BCUT2D eigenvalue weighted by Crippen LogP contribution is 2.24. The third-order valence-corrected chi connectivity index (χ3v) is 4.97. The third-order valence-electron chi connectivity index (χ3n) is 4.97. The molecule has 1 aliphatic rings. The summed E-state index contributed by atoms with van der Waals surface area (Å²) in [6.45, 7) is 6.20. The Bertz CT molecular complexity index is 789. The molecule has 3 rings (SSSR count). The Hall–Kier alpha value is -2.64. The fourth-order valence-corrected chi connectivity index (χ4v) is 3.51. The van der Waals surface area contributed by atoms with E-state index in [-0.39, 0.29) is 11.9 Å². The van der Waals surface area contributed by atoms with E-state index >= 15 is 0 Å². The molecule has 7 heteroatoms. The number of morpholine rings is 1. The summed E-state index contributed by atoms with van der Waals surface area (Å²) in [5.74, 6) is 1.40. The van der Waals surface area contributed by atoms with Gasteiger partial charge < -0.3 is 19.7 Å². The monoisotopic (exact) mass is 398 g/mol.